The molecule has 5 heteroatoms. The Morgan fingerprint density at radius 2 is 2.16 bits per heavy atom. The van der Waals surface area contributed by atoms with Crippen molar-refractivity contribution in [1.82, 2.24) is 4.98 Å². The van der Waals surface area contributed by atoms with Gasteiger partial charge < -0.3 is 10.6 Å². The lowest BCUT2D eigenvalue weighted by Crippen LogP contribution is -2.31. The summed E-state index contributed by atoms with van der Waals surface area (Å²) in [7, 11) is 0. The molecule has 0 saturated carbocycles. The second-order valence-corrected chi connectivity index (χ2v) is 4.86. The number of hydrogen-bond donors (Lipinski definition) is 1. The molecule has 0 radical (unpaired) electrons. The third-order valence-corrected chi connectivity index (χ3v) is 3.43. The molecule has 2 N–H and O–H groups in total. The van der Waals surface area contributed by atoms with Crippen LogP contribution in [0, 0.1) is 0 Å². The largest absolute Gasteiger partial charge is 0.316 e. The smallest absolute Gasteiger partial charge is 0.248 e. The molecule has 1 unspecified atom stereocenters. The molecule has 1 atom stereocenters. The van der Waals surface area contributed by atoms with Crippen LogP contribution in [0.1, 0.15) is 17.3 Å². The standard InChI is InChI=1S/C14H12ClN3O/c15-9-4-5-12-11(7-9)13(16)14(19)18(12)8-10-3-1-2-6-17-10/h1-7,13H,8,16H2. The first-order valence-electron chi connectivity index (χ1n) is 5.93. The fourth-order valence-corrected chi connectivity index (χ4v) is 2.44. The van der Waals surface area contributed by atoms with E-state index in [1.807, 2.05) is 24.3 Å². The number of pyridine rings is 1. The molecule has 1 amide bonds. The zero-order chi connectivity index (χ0) is 13.4. The van der Waals surface area contributed by atoms with E-state index >= 15 is 0 Å². The molecule has 96 valence electrons. The quantitative estimate of drug-likeness (QED) is 0.913. The number of nitrogens with two attached hydrogens (primary N) is 1. The number of carbonyl (C=O) groups is 1. The van der Waals surface area contributed by atoms with Crippen molar-refractivity contribution >= 4 is 23.2 Å². The topological polar surface area (TPSA) is 59.2 Å². The van der Waals surface area contributed by atoms with E-state index in [-0.39, 0.29) is 5.91 Å². The third-order valence-electron chi connectivity index (χ3n) is 3.19. The highest BCUT2D eigenvalue weighted by molar-refractivity contribution is 6.31. The van der Waals surface area contributed by atoms with Crippen molar-refractivity contribution in [2.24, 2.45) is 5.73 Å². The summed E-state index contributed by atoms with van der Waals surface area (Å²) in [5, 5.41) is 0.585. The molecule has 2 aromatic rings. The van der Waals surface area contributed by atoms with Crippen LogP contribution in [0.25, 0.3) is 0 Å². The first kappa shape index (κ1) is 12.1. The first-order valence-corrected chi connectivity index (χ1v) is 6.31. The normalized spacial score (nSPS) is 17.7. The van der Waals surface area contributed by atoms with Gasteiger partial charge in [-0.3, -0.25) is 9.78 Å². The highest BCUT2D eigenvalue weighted by Gasteiger charge is 2.34. The van der Waals surface area contributed by atoms with Gasteiger partial charge in [0, 0.05) is 22.5 Å². The predicted octanol–water partition coefficient (Wildman–Crippen LogP) is 2.28. The maximum absolute atomic E-state index is 12.2. The maximum atomic E-state index is 12.2. The number of carbonyl (C=O) groups excluding carboxylic acids is 1. The molecule has 0 fully saturated rings. The molecule has 3 rings (SSSR count). The highest BCUT2D eigenvalue weighted by Crippen LogP contribution is 2.36. The lowest BCUT2D eigenvalue weighted by atomic mass is 10.1. The van der Waals surface area contributed by atoms with E-state index in [1.54, 1.807) is 23.2 Å². The Morgan fingerprint density at radius 1 is 1.32 bits per heavy atom. The summed E-state index contributed by atoms with van der Waals surface area (Å²) in [4.78, 5) is 18.1. The fraction of sp³-hybridized carbons (Fsp3) is 0.143. The zero-order valence-corrected chi connectivity index (χ0v) is 10.8. The predicted molar refractivity (Wildman–Crippen MR) is 73.8 cm³/mol. The second-order valence-electron chi connectivity index (χ2n) is 4.43. The second kappa shape index (κ2) is 4.64. The number of hydrogen-bond acceptors (Lipinski definition) is 3. The van der Waals surface area contributed by atoms with Gasteiger partial charge >= 0.3 is 0 Å². The van der Waals surface area contributed by atoms with Gasteiger partial charge in [-0.25, -0.2) is 0 Å². The summed E-state index contributed by atoms with van der Waals surface area (Å²) >= 11 is 5.95. The number of amides is 1. The summed E-state index contributed by atoms with van der Waals surface area (Å²) in [5.41, 5.74) is 8.34. The van der Waals surface area contributed by atoms with Crippen molar-refractivity contribution in [3.63, 3.8) is 0 Å². The van der Waals surface area contributed by atoms with Gasteiger partial charge in [0.1, 0.15) is 6.04 Å². The monoisotopic (exact) mass is 273 g/mol. The van der Waals surface area contributed by atoms with Crippen LogP contribution in [0.15, 0.2) is 42.6 Å². The summed E-state index contributed by atoms with van der Waals surface area (Å²) < 4.78 is 0. The molecule has 1 aromatic heterocycles. The Balaban J connectivity index is 1.98. The number of aromatic nitrogens is 1. The van der Waals surface area contributed by atoms with Gasteiger partial charge in [-0.2, -0.15) is 0 Å². The minimum atomic E-state index is -0.641. The van der Waals surface area contributed by atoms with E-state index in [0.29, 0.717) is 11.6 Å². The Hall–Kier alpha value is -1.91. The van der Waals surface area contributed by atoms with Crippen molar-refractivity contribution < 1.29 is 4.79 Å². The fourth-order valence-electron chi connectivity index (χ4n) is 2.26. The minimum absolute atomic E-state index is 0.122. The van der Waals surface area contributed by atoms with Gasteiger partial charge in [0.05, 0.1) is 12.2 Å². The van der Waals surface area contributed by atoms with Crippen molar-refractivity contribution in [3.8, 4) is 0 Å². The summed E-state index contributed by atoms with van der Waals surface area (Å²) in [6.45, 7) is 0.419. The van der Waals surface area contributed by atoms with Crippen LogP contribution in [0.3, 0.4) is 0 Å². The van der Waals surface area contributed by atoms with Crippen LogP contribution in [0.4, 0.5) is 5.69 Å². The van der Waals surface area contributed by atoms with Crippen molar-refractivity contribution in [3.05, 3.63) is 58.9 Å². The molecular weight excluding hydrogens is 262 g/mol. The molecular formula is C14H12ClN3O. The van der Waals surface area contributed by atoms with Crippen LogP contribution in [0.2, 0.25) is 5.02 Å². The van der Waals surface area contributed by atoms with Gasteiger partial charge in [-0.05, 0) is 30.3 Å². The van der Waals surface area contributed by atoms with Crippen LogP contribution >= 0.6 is 11.6 Å². The molecule has 2 heterocycles. The van der Waals surface area contributed by atoms with Gasteiger partial charge in [0.25, 0.3) is 0 Å². The zero-order valence-electron chi connectivity index (χ0n) is 10.1. The van der Waals surface area contributed by atoms with E-state index < -0.39 is 6.04 Å². The van der Waals surface area contributed by atoms with Gasteiger partial charge in [-0.1, -0.05) is 17.7 Å². The van der Waals surface area contributed by atoms with Crippen molar-refractivity contribution in [2.45, 2.75) is 12.6 Å². The average molecular weight is 274 g/mol. The highest BCUT2D eigenvalue weighted by atomic mass is 35.5. The first-order chi connectivity index (χ1) is 9.16. The van der Waals surface area contributed by atoms with Crippen LogP contribution in [-0.4, -0.2) is 10.9 Å². The SMILES string of the molecule is NC1C(=O)N(Cc2ccccn2)c2ccc(Cl)cc21. The number of rotatable bonds is 2. The Morgan fingerprint density at radius 3 is 2.89 bits per heavy atom. The number of fused-ring (bicyclic) bond motifs is 1. The molecule has 0 aliphatic carbocycles. The number of nitrogens with zero attached hydrogens (tertiary/aromatic N) is 2. The molecule has 1 aromatic carbocycles. The number of anilines is 1. The average Bonchev–Trinajstić information content (AvgIpc) is 2.65. The van der Waals surface area contributed by atoms with E-state index in [2.05, 4.69) is 4.98 Å². The van der Waals surface area contributed by atoms with Crippen LogP contribution in [0.5, 0.6) is 0 Å². The van der Waals surface area contributed by atoms with E-state index in [4.69, 9.17) is 17.3 Å². The van der Waals surface area contributed by atoms with Gasteiger partial charge in [0.15, 0.2) is 0 Å². The summed E-state index contributed by atoms with van der Waals surface area (Å²) in [6, 6.07) is 10.3. The molecule has 19 heavy (non-hydrogen) atoms. The number of halogens is 1. The minimum Gasteiger partial charge on any atom is -0.316 e. The maximum Gasteiger partial charge on any atom is 0.248 e. The third kappa shape index (κ3) is 2.09. The molecule has 0 spiro atoms. The number of benzene rings is 1. The van der Waals surface area contributed by atoms with Crippen molar-refractivity contribution in [2.75, 3.05) is 4.90 Å². The van der Waals surface area contributed by atoms with Gasteiger partial charge in [0.2, 0.25) is 5.91 Å². The van der Waals surface area contributed by atoms with Crippen LogP contribution < -0.4 is 10.6 Å². The van der Waals surface area contributed by atoms with E-state index in [1.165, 1.54) is 0 Å². The van der Waals surface area contributed by atoms with Crippen LogP contribution in [-0.2, 0) is 11.3 Å². The van der Waals surface area contributed by atoms with Gasteiger partial charge in [-0.15, -0.1) is 0 Å². The lowest BCUT2D eigenvalue weighted by molar-refractivity contribution is -0.119. The summed E-state index contributed by atoms with van der Waals surface area (Å²) in [6.07, 6.45) is 1.71. The molecule has 0 saturated heterocycles. The molecule has 1 aliphatic heterocycles. The molecule has 0 bridgehead atoms. The Kier molecular flexibility index (Phi) is 2.97. The summed E-state index contributed by atoms with van der Waals surface area (Å²) in [5.74, 6) is -0.122. The van der Waals surface area contributed by atoms with E-state index in [0.717, 1.165) is 16.9 Å². The van der Waals surface area contributed by atoms with Crippen molar-refractivity contribution in [1.29, 1.82) is 0 Å². The Bertz CT molecular complexity index is 630. The van der Waals surface area contributed by atoms with E-state index in [9.17, 15) is 4.79 Å². The molecule has 4 nitrogen and oxygen atoms in total. The lowest BCUT2D eigenvalue weighted by Gasteiger charge is -2.17. The Labute approximate surface area is 115 Å². The molecule has 1 aliphatic rings.